The van der Waals surface area contributed by atoms with E-state index in [1.54, 1.807) is 18.2 Å². The first-order valence-corrected chi connectivity index (χ1v) is 5.11. The molecule has 0 fully saturated rings. The van der Waals surface area contributed by atoms with Crippen LogP contribution in [0.1, 0.15) is 35.7 Å². The summed E-state index contributed by atoms with van der Waals surface area (Å²) >= 11 is 0. The van der Waals surface area contributed by atoms with E-state index in [1.807, 2.05) is 19.9 Å². The molecule has 1 amide bonds. The zero-order valence-corrected chi connectivity index (χ0v) is 9.40. The number of hydrogen-bond acceptors (Lipinski definition) is 3. The Kier molecular flexibility index (Phi) is 4.03. The topological polar surface area (TPSA) is 78.9 Å². The van der Waals surface area contributed by atoms with E-state index in [0.717, 1.165) is 5.56 Å². The van der Waals surface area contributed by atoms with Gasteiger partial charge in [-0.1, -0.05) is 32.0 Å². The normalized spacial score (nSPS) is 11.9. The van der Waals surface area contributed by atoms with Crippen molar-refractivity contribution in [3.8, 4) is 6.07 Å². The molecule has 0 aliphatic rings. The van der Waals surface area contributed by atoms with Crippen molar-refractivity contribution in [1.29, 1.82) is 5.26 Å². The van der Waals surface area contributed by atoms with E-state index in [9.17, 15) is 4.79 Å². The third-order valence-electron chi connectivity index (χ3n) is 2.48. The number of nitrogens with zero attached hydrogens (tertiary/aromatic N) is 1. The lowest BCUT2D eigenvalue weighted by Gasteiger charge is -2.16. The van der Waals surface area contributed by atoms with E-state index in [2.05, 4.69) is 11.5 Å². The lowest BCUT2D eigenvalue weighted by molar-refractivity contribution is 0.0952. The number of hydrogen-bond donors (Lipinski definition) is 2. The second kappa shape index (κ2) is 5.29. The number of carbonyl (C=O) groups is 1. The van der Waals surface area contributed by atoms with Gasteiger partial charge in [0.15, 0.2) is 0 Å². The SMILES string of the molecule is CC(C)C(C#N)c1ccccc1C(=O)NN. The minimum absolute atomic E-state index is 0.150. The highest BCUT2D eigenvalue weighted by Crippen LogP contribution is 2.26. The number of rotatable bonds is 3. The first kappa shape index (κ1) is 12.2. The second-order valence-corrected chi connectivity index (χ2v) is 3.91. The molecule has 1 aromatic carbocycles. The Hall–Kier alpha value is -1.86. The highest BCUT2D eigenvalue weighted by molar-refractivity contribution is 5.95. The quantitative estimate of drug-likeness (QED) is 0.458. The lowest BCUT2D eigenvalue weighted by Crippen LogP contribution is -2.31. The molecule has 0 spiro atoms. The van der Waals surface area contributed by atoms with Crippen molar-refractivity contribution in [2.24, 2.45) is 11.8 Å². The fourth-order valence-corrected chi connectivity index (χ4v) is 1.63. The Morgan fingerprint density at radius 1 is 1.44 bits per heavy atom. The predicted molar refractivity (Wildman–Crippen MR) is 61.3 cm³/mol. The molecule has 3 N–H and O–H groups in total. The summed E-state index contributed by atoms with van der Waals surface area (Å²) in [6, 6.07) is 9.24. The van der Waals surface area contributed by atoms with E-state index in [-0.39, 0.29) is 17.7 Å². The minimum atomic E-state index is -0.364. The summed E-state index contributed by atoms with van der Waals surface area (Å²) in [6.07, 6.45) is 0. The first-order chi connectivity index (χ1) is 7.61. The molecule has 4 heteroatoms. The van der Waals surface area contributed by atoms with Crippen LogP contribution in [0.3, 0.4) is 0 Å². The van der Waals surface area contributed by atoms with E-state index in [0.29, 0.717) is 5.56 Å². The number of hydrazine groups is 1. The molecule has 16 heavy (non-hydrogen) atoms. The summed E-state index contributed by atoms with van der Waals surface area (Å²) in [4.78, 5) is 11.5. The standard InChI is InChI=1S/C12H15N3O/c1-8(2)11(7-13)9-5-3-4-6-10(9)12(16)15-14/h3-6,8,11H,14H2,1-2H3,(H,15,16). The minimum Gasteiger partial charge on any atom is -0.290 e. The van der Waals surface area contributed by atoms with Crippen LogP contribution < -0.4 is 11.3 Å². The van der Waals surface area contributed by atoms with Gasteiger partial charge in [0.2, 0.25) is 0 Å². The lowest BCUT2D eigenvalue weighted by atomic mass is 9.86. The van der Waals surface area contributed by atoms with Crippen LogP contribution in [-0.2, 0) is 0 Å². The largest absolute Gasteiger partial charge is 0.290 e. The molecule has 0 bridgehead atoms. The third kappa shape index (κ3) is 2.38. The molecular formula is C12H15N3O. The average molecular weight is 217 g/mol. The van der Waals surface area contributed by atoms with Crippen molar-refractivity contribution >= 4 is 5.91 Å². The fourth-order valence-electron chi connectivity index (χ4n) is 1.63. The maximum atomic E-state index is 11.5. The van der Waals surface area contributed by atoms with E-state index >= 15 is 0 Å². The fraction of sp³-hybridized carbons (Fsp3) is 0.333. The molecular weight excluding hydrogens is 202 g/mol. The van der Waals surface area contributed by atoms with E-state index in [4.69, 9.17) is 11.1 Å². The second-order valence-electron chi connectivity index (χ2n) is 3.91. The number of nitrogens with one attached hydrogen (secondary N) is 1. The molecule has 0 saturated carbocycles. The van der Waals surface area contributed by atoms with Crippen molar-refractivity contribution < 1.29 is 4.79 Å². The summed E-state index contributed by atoms with van der Waals surface area (Å²) in [6.45, 7) is 3.90. The molecule has 0 aromatic heterocycles. The van der Waals surface area contributed by atoms with E-state index < -0.39 is 0 Å². The molecule has 0 saturated heterocycles. The van der Waals surface area contributed by atoms with Crippen LogP contribution in [0.5, 0.6) is 0 Å². The van der Waals surface area contributed by atoms with Gasteiger partial charge in [0, 0.05) is 5.56 Å². The number of amides is 1. The van der Waals surface area contributed by atoms with Crippen LogP contribution in [0.15, 0.2) is 24.3 Å². The van der Waals surface area contributed by atoms with Crippen LogP contribution in [0, 0.1) is 17.2 Å². The van der Waals surface area contributed by atoms with Gasteiger partial charge >= 0.3 is 0 Å². The summed E-state index contributed by atoms with van der Waals surface area (Å²) in [5.41, 5.74) is 3.28. The molecule has 0 aliphatic heterocycles. The van der Waals surface area contributed by atoms with Crippen molar-refractivity contribution in [3.63, 3.8) is 0 Å². The Morgan fingerprint density at radius 2 is 2.06 bits per heavy atom. The summed E-state index contributed by atoms with van der Waals surface area (Å²) in [5, 5.41) is 9.12. The number of nitrogen functional groups attached to an aromatic ring is 1. The van der Waals surface area contributed by atoms with Gasteiger partial charge in [0.1, 0.15) is 0 Å². The monoisotopic (exact) mass is 217 g/mol. The van der Waals surface area contributed by atoms with Crippen LogP contribution in [0.4, 0.5) is 0 Å². The highest BCUT2D eigenvalue weighted by Gasteiger charge is 2.20. The van der Waals surface area contributed by atoms with Gasteiger partial charge in [-0.2, -0.15) is 5.26 Å². The van der Waals surface area contributed by atoms with Crippen LogP contribution in [0.25, 0.3) is 0 Å². The van der Waals surface area contributed by atoms with Gasteiger partial charge < -0.3 is 0 Å². The molecule has 0 heterocycles. The smallest absolute Gasteiger partial charge is 0.265 e. The van der Waals surface area contributed by atoms with Crippen molar-refractivity contribution in [3.05, 3.63) is 35.4 Å². The zero-order valence-electron chi connectivity index (χ0n) is 9.40. The van der Waals surface area contributed by atoms with Crippen molar-refractivity contribution in [2.45, 2.75) is 19.8 Å². The first-order valence-electron chi connectivity index (χ1n) is 5.11. The number of nitrogens with two attached hydrogens (primary N) is 1. The van der Waals surface area contributed by atoms with Gasteiger partial charge in [-0.3, -0.25) is 10.2 Å². The third-order valence-corrected chi connectivity index (χ3v) is 2.48. The van der Waals surface area contributed by atoms with Crippen molar-refractivity contribution in [2.75, 3.05) is 0 Å². The Bertz CT molecular complexity index is 421. The summed E-state index contributed by atoms with van der Waals surface area (Å²) in [5.74, 6) is 4.60. The molecule has 0 radical (unpaired) electrons. The van der Waals surface area contributed by atoms with Crippen LogP contribution >= 0.6 is 0 Å². The number of nitriles is 1. The Morgan fingerprint density at radius 3 is 2.56 bits per heavy atom. The molecule has 1 atom stereocenters. The summed E-state index contributed by atoms with van der Waals surface area (Å²) < 4.78 is 0. The van der Waals surface area contributed by atoms with Gasteiger partial charge in [0.25, 0.3) is 5.91 Å². The van der Waals surface area contributed by atoms with Crippen molar-refractivity contribution in [1.82, 2.24) is 5.43 Å². The maximum absolute atomic E-state index is 11.5. The molecule has 1 rings (SSSR count). The Labute approximate surface area is 95.0 Å². The number of carbonyl (C=O) groups excluding carboxylic acids is 1. The van der Waals surface area contributed by atoms with E-state index in [1.165, 1.54) is 0 Å². The van der Waals surface area contributed by atoms with Crippen LogP contribution in [-0.4, -0.2) is 5.91 Å². The number of benzene rings is 1. The molecule has 0 aliphatic carbocycles. The maximum Gasteiger partial charge on any atom is 0.265 e. The Balaban J connectivity index is 3.23. The highest BCUT2D eigenvalue weighted by atomic mass is 16.2. The van der Waals surface area contributed by atoms with Gasteiger partial charge in [-0.25, -0.2) is 5.84 Å². The zero-order chi connectivity index (χ0) is 12.1. The average Bonchev–Trinajstić information content (AvgIpc) is 2.29. The molecule has 1 aromatic rings. The van der Waals surface area contributed by atoms with Gasteiger partial charge in [-0.15, -0.1) is 0 Å². The van der Waals surface area contributed by atoms with Gasteiger partial charge in [0.05, 0.1) is 12.0 Å². The molecule has 4 nitrogen and oxygen atoms in total. The predicted octanol–water partition coefficient (Wildman–Crippen LogP) is 1.55. The molecule has 1 unspecified atom stereocenters. The van der Waals surface area contributed by atoms with Crippen LogP contribution in [0.2, 0.25) is 0 Å². The molecule has 84 valence electrons. The summed E-state index contributed by atoms with van der Waals surface area (Å²) in [7, 11) is 0. The van der Waals surface area contributed by atoms with Gasteiger partial charge in [-0.05, 0) is 17.5 Å².